The predicted molar refractivity (Wildman–Crippen MR) is 148 cm³/mol. The highest BCUT2D eigenvalue weighted by molar-refractivity contribution is 7.99. The van der Waals surface area contributed by atoms with E-state index in [1.54, 1.807) is 67.3 Å². The molecule has 0 aliphatic heterocycles. The molecule has 0 saturated carbocycles. The van der Waals surface area contributed by atoms with Crippen LogP contribution in [0.15, 0.2) is 66.4 Å². The summed E-state index contributed by atoms with van der Waals surface area (Å²) >= 11 is 1.20. The number of esters is 1. The van der Waals surface area contributed by atoms with Crippen molar-refractivity contribution in [3.8, 4) is 11.5 Å². The van der Waals surface area contributed by atoms with E-state index in [1.807, 2.05) is 6.07 Å². The van der Waals surface area contributed by atoms with Crippen molar-refractivity contribution in [3.63, 3.8) is 0 Å². The summed E-state index contributed by atoms with van der Waals surface area (Å²) in [6.45, 7) is 4.30. The number of hydrogen-bond acceptors (Lipinski definition) is 9. The Bertz CT molecular complexity index is 1350. The molecule has 11 nitrogen and oxygen atoms in total. The average Bonchev–Trinajstić information content (AvgIpc) is 3.34. The molecule has 0 radical (unpaired) electrons. The molecular weight excluding hydrogens is 522 g/mol. The van der Waals surface area contributed by atoms with Crippen molar-refractivity contribution in [2.75, 3.05) is 32.4 Å². The number of allylic oxidation sites excluding steroid dienone is 1. The zero-order valence-corrected chi connectivity index (χ0v) is 22.6. The van der Waals surface area contributed by atoms with Gasteiger partial charge in [-0.1, -0.05) is 23.9 Å². The Labute approximate surface area is 230 Å². The Morgan fingerprint density at radius 1 is 1.03 bits per heavy atom. The van der Waals surface area contributed by atoms with Crippen LogP contribution >= 0.6 is 11.8 Å². The van der Waals surface area contributed by atoms with Crippen molar-refractivity contribution in [2.24, 2.45) is 0 Å². The number of hydrogen-bond donors (Lipinski definition) is 2. The Hall–Kier alpha value is -4.58. The number of thioether (sulfide) groups is 1. The van der Waals surface area contributed by atoms with Gasteiger partial charge in [-0.05, 0) is 48.0 Å². The highest BCUT2D eigenvalue weighted by Crippen LogP contribution is 2.28. The molecule has 204 valence electrons. The summed E-state index contributed by atoms with van der Waals surface area (Å²) in [5.74, 6) is 0.733. The van der Waals surface area contributed by atoms with Gasteiger partial charge in [0.15, 0.2) is 22.5 Å². The topological polar surface area (TPSA) is 134 Å². The number of methoxy groups -OCH3 is 3. The standard InChI is InChI=1S/C27H29N5O6S/c1-5-14-32-23(16-28-24(33)13-7-18-6-12-21(36-2)22(15-18)37-3)30-31-27(32)39-17-25(34)29-20-10-8-19(9-11-20)26(35)38-4/h5-13,15H,1,14,16-17H2,2-4H3,(H,28,33)(H,29,34)/b13-7+. The SMILES string of the molecule is C=CCn1c(CNC(=O)/C=C/c2ccc(OC)c(OC)c2)nnc1SCC(=O)Nc1ccc(C(=O)OC)cc1. The minimum absolute atomic E-state index is 0.0778. The van der Waals surface area contributed by atoms with E-state index in [0.717, 1.165) is 5.56 Å². The molecule has 1 aromatic heterocycles. The molecule has 3 rings (SSSR count). The Morgan fingerprint density at radius 3 is 2.44 bits per heavy atom. The maximum atomic E-state index is 12.4. The molecule has 0 aliphatic rings. The van der Waals surface area contributed by atoms with Crippen LogP contribution in [0.25, 0.3) is 6.08 Å². The van der Waals surface area contributed by atoms with Crippen LogP contribution in [0.2, 0.25) is 0 Å². The van der Waals surface area contributed by atoms with E-state index in [9.17, 15) is 14.4 Å². The molecule has 1 heterocycles. The third kappa shape index (κ3) is 8.20. The summed E-state index contributed by atoms with van der Waals surface area (Å²) in [5.41, 5.74) is 1.71. The van der Waals surface area contributed by atoms with Gasteiger partial charge in [0.2, 0.25) is 11.8 Å². The second-order valence-electron chi connectivity index (χ2n) is 7.87. The fourth-order valence-corrected chi connectivity index (χ4v) is 4.12. The van der Waals surface area contributed by atoms with Crippen LogP contribution in [0.5, 0.6) is 11.5 Å². The lowest BCUT2D eigenvalue weighted by molar-refractivity contribution is -0.116. The van der Waals surface area contributed by atoms with Gasteiger partial charge in [-0.25, -0.2) is 4.79 Å². The molecule has 2 aromatic carbocycles. The van der Waals surface area contributed by atoms with Gasteiger partial charge < -0.3 is 29.4 Å². The highest BCUT2D eigenvalue weighted by Gasteiger charge is 2.14. The Morgan fingerprint density at radius 2 is 1.77 bits per heavy atom. The van der Waals surface area contributed by atoms with Crippen LogP contribution in [0.3, 0.4) is 0 Å². The van der Waals surface area contributed by atoms with Crippen molar-refractivity contribution < 1.29 is 28.6 Å². The molecule has 0 fully saturated rings. The van der Waals surface area contributed by atoms with Crippen LogP contribution in [0.1, 0.15) is 21.7 Å². The first-order valence-electron chi connectivity index (χ1n) is 11.7. The van der Waals surface area contributed by atoms with Crippen LogP contribution in [0, 0.1) is 0 Å². The third-order valence-electron chi connectivity index (χ3n) is 5.28. The van der Waals surface area contributed by atoms with Gasteiger partial charge >= 0.3 is 5.97 Å². The van der Waals surface area contributed by atoms with E-state index in [1.165, 1.54) is 24.9 Å². The number of carbonyl (C=O) groups is 3. The van der Waals surface area contributed by atoms with E-state index < -0.39 is 5.97 Å². The summed E-state index contributed by atoms with van der Waals surface area (Å²) in [6.07, 6.45) is 4.75. The number of amides is 2. The summed E-state index contributed by atoms with van der Waals surface area (Å²) < 4.78 is 16.9. The zero-order valence-electron chi connectivity index (χ0n) is 21.8. The molecule has 39 heavy (non-hydrogen) atoms. The van der Waals surface area contributed by atoms with Gasteiger partial charge in [0.05, 0.1) is 39.2 Å². The highest BCUT2D eigenvalue weighted by atomic mass is 32.2. The fourth-order valence-electron chi connectivity index (χ4n) is 3.36. The molecule has 2 N–H and O–H groups in total. The Balaban J connectivity index is 1.55. The second-order valence-corrected chi connectivity index (χ2v) is 8.81. The molecule has 0 aliphatic carbocycles. The summed E-state index contributed by atoms with van der Waals surface area (Å²) in [7, 11) is 4.40. The number of rotatable bonds is 13. The molecule has 0 atom stereocenters. The van der Waals surface area contributed by atoms with Crippen LogP contribution in [0.4, 0.5) is 5.69 Å². The number of anilines is 1. The summed E-state index contributed by atoms with van der Waals surface area (Å²) in [6, 6.07) is 11.7. The first-order valence-corrected chi connectivity index (χ1v) is 12.7. The normalized spacial score (nSPS) is 10.6. The van der Waals surface area contributed by atoms with Crippen LogP contribution < -0.4 is 20.1 Å². The van der Waals surface area contributed by atoms with E-state index in [0.29, 0.717) is 40.3 Å². The molecule has 3 aromatic rings. The number of nitrogens with one attached hydrogen (secondary N) is 2. The lowest BCUT2D eigenvalue weighted by Gasteiger charge is -2.09. The first-order chi connectivity index (χ1) is 18.9. The van der Waals surface area contributed by atoms with Gasteiger partial charge in [-0.3, -0.25) is 9.59 Å². The van der Waals surface area contributed by atoms with Gasteiger partial charge in [0, 0.05) is 18.3 Å². The number of benzene rings is 2. The maximum Gasteiger partial charge on any atom is 0.337 e. The van der Waals surface area contributed by atoms with Crippen molar-refractivity contribution in [1.29, 1.82) is 0 Å². The summed E-state index contributed by atoms with van der Waals surface area (Å²) in [5, 5.41) is 14.4. The number of aromatic nitrogens is 3. The van der Waals surface area contributed by atoms with E-state index in [2.05, 4.69) is 32.1 Å². The number of ether oxygens (including phenoxy) is 3. The first kappa shape index (κ1) is 29.0. The van der Waals surface area contributed by atoms with Crippen LogP contribution in [-0.4, -0.2) is 59.6 Å². The quantitative estimate of drug-likeness (QED) is 0.142. The van der Waals surface area contributed by atoms with Gasteiger partial charge in [-0.2, -0.15) is 0 Å². The van der Waals surface area contributed by atoms with Crippen molar-refractivity contribution >= 4 is 41.3 Å². The van der Waals surface area contributed by atoms with Gasteiger partial charge in [0.25, 0.3) is 0 Å². The molecule has 0 spiro atoms. The molecule has 0 saturated heterocycles. The third-order valence-corrected chi connectivity index (χ3v) is 6.25. The number of carbonyl (C=O) groups excluding carboxylic acids is 3. The second kappa shape index (κ2) is 14.4. The van der Waals surface area contributed by atoms with E-state index >= 15 is 0 Å². The van der Waals surface area contributed by atoms with Crippen LogP contribution in [-0.2, 0) is 27.4 Å². The van der Waals surface area contributed by atoms with Crippen molar-refractivity contribution in [2.45, 2.75) is 18.2 Å². The zero-order chi connectivity index (χ0) is 28.2. The molecule has 12 heteroatoms. The predicted octanol–water partition coefficient (Wildman–Crippen LogP) is 3.33. The Kier molecular flexibility index (Phi) is 10.7. The molecule has 2 amide bonds. The molecular formula is C27H29N5O6S. The fraction of sp³-hybridized carbons (Fsp3) is 0.222. The molecule has 0 bridgehead atoms. The van der Waals surface area contributed by atoms with E-state index in [4.69, 9.17) is 9.47 Å². The number of nitrogens with zero attached hydrogens (tertiary/aromatic N) is 3. The lowest BCUT2D eigenvalue weighted by atomic mass is 10.2. The maximum absolute atomic E-state index is 12.4. The lowest BCUT2D eigenvalue weighted by Crippen LogP contribution is -2.23. The minimum Gasteiger partial charge on any atom is -0.493 e. The van der Waals surface area contributed by atoms with E-state index in [-0.39, 0.29) is 24.1 Å². The monoisotopic (exact) mass is 551 g/mol. The van der Waals surface area contributed by atoms with Gasteiger partial charge in [0.1, 0.15) is 0 Å². The molecule has 0 unspecified atom stereocenters. The largest absolute Gasteiger partial charge is 0.493 e. The van der Waals surface area contributed by atoms with Crippen molar-refractivity contribution in [1.82, 2.24) is 20.1 Å². The van der Waals surface area contributed by atoms with Gasteiger partial charge in [-0.15, -0.1) is 16.8 Å². The smallest absolute Gasteiger partial charge is 0.337 e. The summed E-state index contributed by atoms with van der Waals surface area (Å²) in [4.78, 5) is 36.4. The van der Waals surface area contributed by atoms with Crippen molar-refractivity contribution in [3.05, 3.63) is 78.1 Å². The average molecular weight is 552 g/mol. The minimum atomic E-state index is -0.453.